The van der Waals surface area contributed by atoms with E-state index >= 15 is 0 Å². The van der Waals surface area contributed by atoms with Gasteiger partial charge in [0.2, 0.25) is 0 Å². The number of nitrogens with one attached hydrogen (secondary N) is 1. The van der Waals surface area contributed by atoms with Gasteiger partial charge in [-0.15, -0.1) is 11.3 Å². The lowest BCUT2D eigenvalue weighted by molar-refractivity contribution is 0.121. The highest BCUT2D eigenvalue weighted by Gasteiger charge is 2.15. The third kappa shape index (κ3) is 4.05. The number of rotatable bonds is 6. The Balaban J connectivity index is 2.57. The molecule has 1 aromatic heterocycles. The van der Waals surface area contributed by atoms with E-state index in [4.69, 9.17) is 0 Å². The van der Waals surface area contributed by atoms with Gasteiger partial charge in [0.25, 0.3) is 0 Å². The zero-order chi connectivity index (χ0) is 13.0. The SMILES string of the molecule is CCc1nc(C)c(C(C)NCC(O)C(C)C)s1. The molecule has 1 rings (SSSR count). The summed E-state index contributed by atoms with van der Waals surface area (Å²) in [6.45, 7) is 11.0. The molecule has 17 heavy (non-hydrogen) atoms. The molecule has 0 radical (unpaired) electrons. The van der Waals surface area contributed by atoms with E-state index in [1.807, 2.05) is 13.8 Å². The Morgan fingerprint density at radius 1 is 1.35 bits per heavy atom. The van der Waals surface area contributed by atoms with Crippen molar-refractivity contribution in [1.82, 2.24) is 10.3 Å². The van der Waals surface area contributed by atoms with E-state index in [9.17, 15) is 5.11 Å². The largest absolute Gasteiger partial charge is 0.392 e. The molecular weight excluding hydrogens is 232 g/mol. The van der Waals surface area contributed by atoms with Crippen molar-refractivity contribution in [2.24, 2.45) is 5.92 Å². The molecule has 0 aromatic carbocycles. The molecule has 2 unspecified atom stereocenters. The molecule has 0 bridgehead atoms. The predicted octanol–water partition coefficient (Wildman–Crippen LogP) is 2.68. The number of hydrogen-bond donors (Lipinski definition) is 2. The smallest absolute Gasteiger partial charge is 0.0928 e. The minimum atomic E-state index is -0.281. The average Bonchev–Trinajstić information content (AvgIpc) is 2.66. The molecule has 3 nitrogen and oxygen atoms in total. The number of aryl methyl sites for hydroxylation is 2. The molecule has 98 valence electrons. The molecule has 1 heterocycles. The van der Waals surface area contributed by atoms with Gasteiger partial charge in [-0.1, -0.05) is 20.8 Å². The van der Waals surface area contributed by atoms with Crippen molar-refractivity contribution >= 4 is 11.3 Å². The summed E-state index contributed by atoms with van der Waals surface area (Å²) in [5, 5.41) is 14.3. The highest BCUT2D eigenvalue weighted by atomic mass is 32.1. The zero-order valence-electron chi connectivity index (χ0n) is 11.4. The van der Waals surface area contributed by atoms with E-state index in [1.54, 1.807) is 11.3 Å². The number of aliphatic hydroxyl groups excluding tert-OH is 1. The fourth-order valence-electron chi connectivity index (χ4n) is 1.64. The van der Waals surface area contributed by atoms with Crippen LogP contribution in [0, 0.1) is 12.8 Å². The van der Waals surface area contributed by atoms with Crippen molar-refractivity contribution < 1.29 is 5.11 Å². The number of aromatic nitrogens is 1. The molecule has 0 aliphatic rings. The lowest BCUT2D eigenvalue weighted by Gasteiger charge is -2.18. The topological polar surface area (TPSA) is 45.2 Å². The van der Waals surface area contributed by atoms with Crippen LogP contribution in [-0.2, 0) is 6.42 Å². The van der Waals surface area contributed by atoms with Gasteiger partial charge in [-0.05, 0) is 26.2 Å². The van der Waals surface area contributed by atoms with E-state index < -0.39 is 0 Å². The van der Waals surface area contributed by atoms with Crippen molar-refractivity contribution in [3.8, 4) is 0 Å². The molecule has 2 N–H and O–H groups in total. The summed E-state index contributed by atoms with van der Waals surface area (Å²) >= 11 is 1.77. The maximum atomic E-state index is 9.77. The van der Waals surface area contributed by atoms with Crippen LogP contribution in [0.4, 0.5) is 0 Å². The fraction of sp³-hybridized carbons (Fsp3) is 0.769. The van der Waals surface area contributed by atoms with E-state index in [2.05, 4.69) is 31.1 Å². The molecule has 0 spiro atoms. The highest BCUT2D eigenvalue weighted by molar-refractivity contribution is 7.11. The van der Waals surface area contributed by atoms with Gasteiger partial charge in [0.15, 0.2) is 0 Å². The quantitative estimate of drug-likeness (QED) is 0.822. The first kappa shape index (κ1) is 14.6. The Morgan fingerprint density at radius 2 is 2.00 bits per heavy atom. The van der Waals surface area contributed by atoms with Crippen molar-refractivity contribution in [2.75, 3.05) is 6.54 Å². The van der Waals surface area contributed by atoms with Gasteiger partial charge in [-0.25, -0.2) is 4.98 Å². The van der Waals surface area contributed by atoms with E-state index in [0.29, 0.717) is 12.5 Å². The van der Waals surface area contributed by atoms with Crippen LogP contribution in [0.1, 0.15) is 49.3 Å². The summed E-state index contributed by atoms with van der Waals surface area (Å²) in [5.74, 6) is 0.295. The summed E-state index contributed by atoms with van der Waals surface area (Å²) in [7, 11) is 0. The minimum Gasteiger partial charge on any atom is -0.392 e. The van der Waals surface area contributed by atoms with Gasteiger partial charge in [0.1, 0.15) is 0 Å². The fourth-order valence-corrected chi connectivity index (χ4v) is 2.68. The van der Waals surface area contributed by atoms with E-state index in [0.717, 1.165) is 12.1 Å². The average molecular weight is 256 g/mol. The van der Waals surface area contributed by atoms with E-state index in [1.165, 1.54) is 9.88 Å². The Morgan fingerprint density at radius 3 is 2.47 bits per heavy atom. The maximum absolute atomic E-state index is 9.77. The number of nitrogens with zero attached hydrogens (tertiary/aromatic N) is 1. The molecule has 0 fully saturated rings. The number of aliphatic hydroxyl groups is 1. The van der Waals surface area contributed by atoms with Gasteiger partial charge >= 0.3 is 0 Å². The van der Waals surface area contributed by atoms with Crippen LogP contribution >= 0.6 is 11.3 Å². The van der Waals surface area contributed by atoms with Crippen LogP contribution in [0.25, 0.3) is 0 Å². The van der Waals surface area contributed by atoms with Crippen LogP contribution in [-0.4, -0.2) is 22.7 Å². The normalized spacial score (nSPS) is 15.2. The lowest BCUT2D eigenvalue weighted by Crippen LogP contribution is -2.32. The van der Waals surface area contributed by atoms with Gasteiger partial charge in [0, 0.05) is 17.5 Å². The first-order valence-corrected chi connectivity index (χ1v) is 7.15. The minimum absolute atomic E-state index is 0.265. The van der Waals surface area contributed by atoms with Crippen molar-refractivity contribution in [2.45, 2.75) is 53.2 Å². The number of thiazole rings is 1. The zero-order valence-corrected chi connectivity index (χ0v) is 12.3. The second-order valence-electron chi connectivity index (χ2n) is 4.85. The molecule has 2 atom stereocenters. The first-order chi connectivity index (χ1) is 7.95. The Bertz CT molecular complexity index is 349. The van der Waals surface area contributed by atoms with Crippen molar-refractivity contribution in [3.63, 3.8) is 0 Å². The van der Waals surface area contributed by atoms with Crippen LogP contribution in [0.2, 0.25) is 0 Å². The summed E-state index contributed by atoms with van der Waals surface area (Å²) in [5.41, 5.74) is 1.12. The van der Waals surface area contributed by atoms with Crippen LogP contribution in [0.5, 0.6) is 0 Å². The lowest BCUT2D eigenvalue weighted by atomic mass is 10.1. The van der Waals surface area contributed by atoms with Crippen LogP contribution in [0.3, 0.4) is 0 Å². The third-order valence-electron chi connectivity index (χ3n) is 2.98. The molecule has 0 aliphatic heterocycles. The summed E-state index contributed by atoms with van der Waals surface area (Å²) in [4.78, 5) is 5.82. The molecule has 0 saturated carbocycles. The summed E-state index contributed by atoms with van der Waals surface area (Å²) in [6, 6.07) is 0.265. The summed E-state index contributed by atoms with van der Waals surface area (Å²) in [6.07, 6.45) is 0.712. The molecule has 0 aliphatic carbocycles. The Kier molecular flexibility index (Phi) is 5.56. The molecular formula is C13H24N2OS. The van der Waals surface area contributed by atoms with E-state index in [-0.39, 0.29) is 12.1 Å². The second-order valence-corrected chi connectivity index (χ2v) is 5.97. The van der Waals surface area contributed by atoms with Gasteiger partial charge in [-0.3, -0.25) is 0 Å². The summed E-state index contributed by atoms with van der Waals surface area (Å²) < 4.78 is 0. The van der Waals surface area contributed by atoms with Gasteiger partial charge < -0.3 is 10.4 Å². The Labute approximate surface area is 108 Å². The third-order valence-corrected chi connectivity index (χ3v) is 4.46. The standard InChI is InChI=1S/C13H24N2OS/c1-6-12-15-10(5)13(17-12)9(4)14-7-11(16)8(2)3/h8-9,11,14,16H,6-7H2,1-5H3. The molecule has 0 saturated heterocycles. The highest BCUT2D eigenvalue weighted by Crippen LogP contribution is 2.25. The van der Waals surface area contributed by atoms with Gasteiger partial charge in [-0.2, -0.15) is 0 Å². The molecule has 4 heteroatoms. The Hall–Kier alpha value is -0.450. The second kappa shape index (κ2) is 6.47. The predicted molar refractivity (Wildman–Crippen MR) is 73.5 cm³/mol. The monoisotopic (exact) mass is 256 g/mol. The van der Waals surface area contributed by atoms with Crippen LogP contribution in [0.15, 0.2) is 0 Å². The van der Waals surface area contributed by atoms with Crippen molar-refractivity contribution in [3.05, 3.63) is 15.6 Å². The van der Waals surface area contributed by atoms with Crippen LogP contribution < -0.4 is 5.32 Å². The maximum Gasteiger partial charge on any atom is 0.0928 e. The first-order valence-electron chi connectivity index (χ1n) is 6.33. The molecule has 0 amide bonds. The number of hydrogen-bond acceptors (Lipinski definition) is 4. The van der Waals surface area contributed by atoms with Gasteiger partial charge in [0.05, 0.1) is 16.8 Å². The van der Waals surface area contributed by atoms with Crippen molar-refractivity contribution in [1.29, 1.82) is 0 Å². The molecule has 1 aromatic rings.